The van der Waals surface area contributed by atoms with E-state index in [9.17, 15) is 0 Å². The number of fused-ring (bicyclic) bond motifs is 2. The van der Waals surface area contributed by atoms with Crippen LogP contribution in [0.15, 0.2) is 78.9 Å². The zero-order chi connectivity index (χ0) is 14.1. The zero-order valence-electron chi connectivity index (χ0n) is 11.5. The van der Waals surface area contributed by atoms with E-state index in [1.54, 1.807) is 0 Å². The first-order valence-electron chi connectivity index (χ1n) is 7.01. The summed E-state index contributed by atoms with van der Waals surface area (Å²) >= 11 is 0. The van der Waals surface area contributed by atoms with Gasteiger partial charge in [-0.15, -0.1) is 0 Å². The molecule has 2 heteroatoms. The standard InChI is InChI=1S/C19H14N2/c1-3-9-16-14(6-1)8-5-11-18(16)21-19-13-12-15-7-2-4-10-17(15)20-19/h1-13H,(H,20,21). The lowest BCUT2D eigenvalue weighted by Crippen LogP contribution is -1.94. The third-order valence-corrected chi connectivity index (χ3v) is 3.65. The molecule has 0 unspecified atom stereocenters. The molecule has 2 nitrogen and oxygen atoms in total. The quantitative estimate of drug-likeness (QED) is 0.546. The average molecular weight is 270 g/mol. The first-order chi connectivity index (χ1) is 10.4. The van der Waals surface area contributed by atoms with Crippen LogP contribution >= 0.6 is 0 Å². The zero-order valence-corrected chi connectivity index (χ0v) is 11.5. The number of nitrogens with one attached hydrogen (secondary N) is 1. The highest BCUT2D eigenvalue weighted by Crippen LogP contribution is 2.26. The largest absolute Gasteiger partial charge is 0.340 e. The summed E-state index contributed by atoms with van der Waals surface area (Å²) in [5.74, 6) is 0.866. The Labute approximate surface area is 123 Å². The van der Waals surface area contributed by atoms with Crippen LogP contribution in [0.4, 0.5) is 11.5 Å². The third kappa shape index (κ3) is 2.21. The summed E-state index contributed by atoms with van der Waals surface area (Å²) < 4.78 is 0. The Bertz CT molecular complexity index is 923. The van der Waals surface area contributed by atoms with Gasteiger partial charge in [-0.25, -0.2) is 4.98 Å². The first kappa shape index (κ1) is 11.9. The van der Waals surface area contributed by atoms with Crippen molar-refractivity contribution in [3.63, 3.8) is 0 Å². The lowest BCUT2D eigenvalue weighted by molar-refractivity contribution is 1.38. The summed E-state index contributed by atoms with van der Waals surface area (Å²) in [4.78, 5) is 4.67. The van der Waals surface area contributed by atoms with E-state index in [1.807, 2.05) is 24.3 Å². The van der Waals surface area contributed by atoms with Crippen molar-refractivity contribution >= 4 is 33.2 Å². The molecule has 0 aliphatic heterocycles. The normalized spacial score (nSPS) is 10.9. The van der Waals surface area contributed by atoms with Crippen molar-refractivity contribution in [1.82, 2.24) is 4.98 Å². The number of anilines is 2. The second-order valence-corrected chi connectivity index (χ2v) is 5.04. The van der Waals surface area contributed by atoms with Crippen LogP contribution in [0, 0.1) is 0 Å². The minimum atomic E-state index is 0.866. The molecular formula is C19H14N2. The van der Waals surface area contributed by atoms with Crippen molar-refractivity contribution in [2.24, 2.45) is 0 Å². The highest BCUT2D eigenvalue weighted by Gasteiger charge is 2.02. The van der Waals surface area contributed by atoms with E-state index in [4.69, 9.17) is 0 Å². The van der Waals surface area contributed by atoms with Crippen molar-refractivity contribution in [3.8, 4) is 0 Å². The molecule has 0 aliphatic rings. The molecule has 4 rings (SSSR count). The van der Waals surface area contributed by atoms with Crippen LogP contribution in [0.3, 0.4) is 0 Å². The smallest absolute Gasteiger partial charge is 0.131 e. The van der Waals surface area contributed by atoms with E-state index in [0.717, 1.165) is 22.4 Å². The van der Waals surface area contributed by atoms with Gasteiger partial charge >= 0.3 is 0 Å². The molecular weight excluding hydrogens is 256 g/mol. The van der Waals surface area contributed by atoms with E-state index in [1.165, 1.54) is 10.8 Å². The van der Waals surface area contributed by atoms with Gasteiger partial charge in [0.05, 0.1) is 5.52 Å². The van der Waals surface area contributed by atoms with Crippen LogP contribution in [0.2, 0.25) is 0 Å². The predicted octanol–water partition coefficient (Wildman–Crippen LogP) is 5.13. The number of nitrogens with zero attached hydrogens (tertiary/aromatic N) is 1. The van der Waals surface area contributed by atoms with E-state index in [2.05, 4.69) is 64.9 Å². The predicted molar refractivity (Wildman–Crippen MR) is 89.0 cm³/mol. The van der Waals surface area contributed by atoms with Gasteiger partial charge in [-0.1, -0.05) is 54.6 Å². The monoisotopic (exact) mass is 270 g/mol. The van der Waals surface area contributed by atoms with Crippen LogP contribution in [-0.2, 0) is 0 Å². The molecule has 0 bridgehead atoms. The number of rotatable bonds is 2. The summed E-state index contributed by atoms with van der Waals surface area (Å²) in [6.07, 6.45) is 0. The summed E-state index contributed by atoms with van der Waals surface area (Å²) in [5, 5.41) is 7.01. The molecule has 0 atom stereocenters. The third-order valence-electron chi connectivity index (χ3n) is 3.65. The van der Waals surface area contributed by atoms with E-state index >= 15 is 0 Å². The topological polar surface area (TPSA) is 24.9 Å². The Morgan fingerprint density at radius 2 is 1.38 bits per heavy atom. The lowest BCUT2D eigenvalue weighted by Gasteiger charge is -2.09. The minimum Gasteiger partial charge on any atom is -0.340 e. The number of para-hydroxylation sites is 1. The van der Waals surface area contributed by atoms with Crippen molar-refractivity contribution in [1.29, 1.82) is 0 Å². The molecule has 21 heavy (non-hydrogen) atoms. The number of hydrogen-bond acceptors (Lipinski definition) is 2. The molecule has 0 amide bonds. The maximum atomic E-state index is 4.67. The molecule has 4 aromatic rings. The molecule has 0 radical (unpaired) electrons. The molecule has 0 spiro atoms. The fourth-order valence-electron chi connectivity index (χ4n) is 2.61. The van der Waals surface area contributed by atoms with E-state index in [0.29, 0.717) is 0 Å². The fraction of sp³-hybridized carbons (Fsp3) is 0. The van der Waals surface area contributed by atoms with Crippen LogP contribution in [0.1, 0.15) is 0 Å². The summed E-state index contributed by atoms with van der Waals surface area (Å²) in [6.45, 7) is 0. The van der Waals surface area contributed by atoms with Crippen molar-refractivity contribution in [3.05, 3.63) is 78.9 Å². The SMILES string of the molecule is c1ccc2nc(Nc3cccc4ccccc34)ccc2c1. The Balaban J connectivity index is 1.79. The highest BCUT2D eigenvalue weighted by molar-refractivity contribution is 5.95. The highest BCUT2D eigenvalue weighted by atomic mass is 15.0. The van der Waals surface area contributed by atoms with E-state index in [-0.39, 0.29) is 0 Å². The van der Waals surface area contributed by atoms with Gasteiger partial charge in [0.25, 0.3) is 0 Å². The Hall–Kier alpha value is -2.87. The minimum absolute atomic E-state index is 0.866. The van der Waals surface area contributed by atoms with Crippen molar-refractivity contribution < 1.29 is 0 Å². The molecule has 100 valence electrons. The molecule has 0 fully saturated rings. The van der Waals surface area contributed by atoms with Crippen molar-refractivity contribution in [2.75, 3.05) is 5.32 Å². The molecule has 1 heterocycles. The Kier molecular flexibility index (Phi) is 2.79. The van der Waals surface area contributed by atoms with Crippen LogP contribution in [0.25, 0.3) is 21.7 Å². The maximum Gasteiger partial charge on any atom is 0.131 e. The Morgan fingerprint density at radius 3 is 2.33 bits per heavy atom. The van der Waals surface area contributed by atoms with Gasteiger partial charge in [-0.3, -0.25) is 0 Å². The number of aromatic nitrogens is 1. The van der Waals surface area contributed by atoms with Gasteiger partial charge in [0.1, 0.15) is 5.82 Å². The second kappa shape index (κ2) is 4.91. The molecule has 1 N–H and O–H groups in total. The molecule has 1 aromatic heterocycles. The summed E-state index contributed by atoms with van der Waals surface area (Å²) in [7, 11) is 0. The van der Waals surface area contributed by atoms with Gasteiger partial charge in [-0.05, 0) is 29.7 Å². The van der Waals surface area contributed by atoms with Crippen LogP contribution < -0.4 is 5.32 Å². The van der Waals surface area contributed by atoms with Gasteiger partial charge in [0.15, 0.2) is 0 Å². The van der Waals surface area contributed by atoms with E-state index < -0.39 is 0 Å². The maximum absolute atomic E-state index is 4.67. The summed E-state index contributed by atoms with van der Waals surface area (Å²) in [5.41, 5.74) is 2.08. The van der Waals surface area contributed by atoms with Crippen molar-refractivity contribution in [2.45, 2.75) is 0 Å². The fourth-order valence-corrected chi connectivity index (χ4v) is 2.61. The second-order valence-electron chi connectivity index (χ2n) is 5.04. The molecule has 0 saturated heterocycles. The van der Waals surface area contributed by atoms with Gasteiger partial charge in [0.2, 0.25) is 0 Å². The number of pyridine rings is 1. The van der Waals surface area contributed by atoms with Crippen LogP contribution in [0.5, 0.6) is 0 Å². The average Bonchev–Trinajstić information content (AvgIpc) is 2.55. The Morgan fingerprint density at radius 1 is 0.619 bits per heavy atom. The molecule has 0 saturated carbocycles. The summed E-state index contributed by atoms with van der Waals surface area (Å²) in [6, 6.07) is 26.9. The lowest BCUT2D eigenvalue weighted by atomic mass is 10.1. The van der Waals surface area contributed by atoms with Gasteiger partial charge in [0, 0.05) is 16.5 Å². The molecule has 0 aliphatic carbocycles. The van der Waals surface area contributed by atoms with Crippen LogP contribution in [-0.4, -0.2) is 4.98 Å². The number of hydrogen-bond donors (Lipinski definition) is 1. The molecule has 3 aromatic carbocycles. The number of benzene rings is 3. The van der Waals surface area contributed by atoms with Gasteiger partial charge < -0.3 is 5.32 Å². The van der Waals surface area contributed by atoms with Gasteiger partial charge in [-0.2, -0.15) is 0 Å². The first-order valence-corrected chi connectivity index (χ1v) is 7.01.